The van der Waals surface area contributed by atoms with Gasteiger partial charge in [0.25, 0.3) is 10.1 Å². The standard InChI is InChI=1S/C15H18O3SSi/c1-20(2,13-14-9-5-3-6-10-14)18-19(16,17)15-11-7-4-8-12-15/h3-12H,13H2,1-2H3. The molecule has 0 heterocycles. The first-order chi connectivity index (χ1) is 9.39. The van der Waals surface area contributed by atoms with Gasteiger partial charge in [-0.1, -0.05) is 48.5 Å². The lowest BCUT2D eigenvalue weighted by atomic mass is 10.2. The minimum atomic E-state index is -3.68. The van der Waals surface area contributed by atoms with Gasteiger partial charge >= 0.3 is 0 Å². The largest absolute Gasteiger partial charge is 0.311 e. The Morgan fingerprint density at radius 2 is 1.40 bits per heavy atom. The second kappa shape index (κ2) is 5.91. The van der Waals surface area contributed by atoms with Crippen molar-refractivity contribution >= 4 is 18.4 Å². The smallest absolute Gasteiger partial charge is 0.287 e. The lowest BCUT2D eigenvalue weighted by Crippen LogP contribution is -2.36. The van der Waals surface area contributed by atoms with E-state index in [1.54, 1.807) is 30.3 Å². The van der Waals surface area contributed by atoms with Crippen molar-refractivity contribution in [1.82, 2.24) is 0 Å². The Morgan fingerprint density at radius 1 is 0.900 bits per heavy atom. The van der Waals surface area contributed by atoms with Crippen LogP contribution in [-0.2, 0) is 20.0 Å². The Hall–Kier alpha value is -1.43. The average Bonchev–Trinajstić information content (AvgIpc) is 2.39. The molecule has 2 rings (SSSR count). The summed E-state index contributed by atoms with van der Waals surface area (Å²) in [5.41, 5.74) is 1.10. The predicted molar refractivity (Wildman–Crippen MR) is 82.3 cm³/mol. The van der Waals surface area contributed by atoms with Crippen LogP contribution in [0.25, 0.3) is 0 Å². The highest BCUT2D eigenvalue weighted by Gasteiger charge is 2.31. The van der Waals surface area contributed by atoms with E-state index in [2.05, 4.69) is 0 Å². The van der Waals surface area contributed by atoms with Gasteiger partial charge in [0, 0.05) is 0 Å². The zero-order valence-corrected chi connectivity index (χ0v) is 13.4. The van der Waals surface area contributed by atoms with Gasteiger partial charge in [-0.3, -0.25) is 0 Å². The number of rotatable bonds is 5. The van der Waals surface area contributed by atoms with Crippen LogP contribution < -0.4 is 0 Å². The zero-order valence-electron chi connectivity index (χ0n) is 11.6. The zero-order chi connectivity index (χ0) is 14.6. The Bertz CT molecular complexity index is 652. The van der Waals surface area contributed by atoms with Crippen molar-refractivity contribution in [1.29, 1.82) is 0 Å². The SMILES string of the molecule is C[Si](C)(Cc1ccccc1)OS(=O)(=O)c1ccccc1. The molecule has 106 valence electrons. The fourth-order valence-corrected chi connectivity index (χ4v) is 6.76. The highest BCUT2D eigenvalue weighted by Crippen LogP contribution is 2.20. The number of benzene rings is 2. The second-order valence-corrected chi connectivity index (χ2v) is 11.2. The first-order valence-electron chi connectivity index (χ1n) is 6.44. The van der Waals surface area contributed by atoms with E-state index in [9.17, 15) is 8.42 Å². The van der Waals surface area contributed by atoms with Crippen LogP contribution in [-0.4, -0.2) is 16.7 Å². The molecule has 2 aromatic rings. The molecule has 0 saturated heterocycles. The maximum atomic E-state index is 12.3. The Kier molecular flexibility index (Phi) is 4.42. The minimum Gasteiger partial charge on any atom is -0.311 e. The van der Waals surface area contributed by atoms with Crippen LogP contribution in [0.3, 0.4) is 0 Å². The van der Waals surface area contributed by atoms with E-state index >= 15 is 0 Å². The fourth-order valence-electron chi connectivity index (χ4n) is 2.05. The third kappa shape index (κ3) is 4.03. The molecule has 0 unspecified atom stereocenters. The molecule has 0 saturated carbocycles. The monoisotopic (exact) mass is 306 g/mol. The summed E-state index contributed by atoms with van der Waals surface area (Å²) in [6.07, 6.45) is 0. The summed E-state index contributed by atoms with van der Waals surface area (Å²) in [5, 5.41) is 0. The number of hydrogen-bond donors (Lipinski definition) is 0. The van der Waals surface area contributed by atoms with Crippen LogP contribution in [0.2, 0.25) is 13.1 Å². The van der Waals surface area contributed by atoms with Crippen molar-refractivity contribution in [3.63, 3.8) is 0 Å². The van der Waals surface area contributed by atoms with Crippen LogP contribution in [0.1, 0.15) is 5.56 Å². The molecule has 0 atom stereocenters. The topological polar surface area (TPSA) is 43.4 Å². The van der Waals surface area contributed by atoms with E-state index in [1.165, 1.54) is 0 Å². The first-order valence-corrected chi connectivity index (χ1v) is 11.0. The molecule has 2 aromatic carbocycles. The molecule has 0 aromatic heterocycles. The summed E-state index contributed by atoms with van der Waals surface area (Å²) >= 11 is 0. The molecule has 0 N–H and O–H groups in total. The second-order valence-electron chi connectivity index (χ2n) is 5.27. The molecule has 5 heteroatoms. The Morgan fingerprint density at radius 3 is 1.95 bits per heavy atom. The predicted octanol–water partition coefficient (Wildman–Crippen LogP) is 3.38. The van der Waals surface area contributed by atoms with E-state index in [1.807, 2.05) is 43.4 Å². The molecule has 20 heavy (non-hydrogen) atoms. The maximum absolute atomic E-state index is 12.3. The van der Waals surface area contributed by atoms with Crippen LogP contribution in [0.15, 0.2) is 65.6 Å². The third-order valence-electron chi connectivity index (χ3n) is 2.84. The molecule has 0 amide bonds. The molecule has 0 aliphatic carbocycles. The quantitative estimate of drug-likeness (QED) is 0.795. The third-order valence-corrected chi connectivity index (χ3v) is 7.63. The van der Waals surface area contributed by atoms with Crippen molar-refractivity contribution in [3.05, 3.63) is 66.2 Å². The van der Waals surface area contributed by atoms with Gasteiger partial charge in [0.2, 0.25) is 8.32 Å². The molecule has 0 radical (unpaired) electrons. The van der Waals surface area contributed by atoms with Crippen molar-refractivity contribution in [2.24, 2.45) is 0 Å². The van der Waals surface area contributed by atoms with Crippen LogP contribution >= 0.6 is 0 Å². The first kappa shape index (κ1) is 15.0. The Balaban J connectivity index is 2.16. The highest BCUT2D eigenvalue weighted by atomic mass is 32.2. The van der Waals surface area contributed by atoms with E-state index < -0.39 is 18.4 Å². The average molecular weight is 306 g/mol. The highest BCUT2D eigenvalue weighted by molar-refractivity contribution is 7.87. The molecule has 0 bridgehead atoms. The van der Waals surface area contributed by atoms with Crippen molar-refractivity contribution in [3.8, 4) is 0 Å². The molecule has 0 fully saturated rings. The fraction of sp³-hybridized carbons (Fsp3) is 0.200. The van der Waals surface area contributed by atoms with Crippen molar-refractivity contribution in [2.45, 2.75) is 24.0 Å². The van der Waals surface area contributed by atoms with E-state index in [0.717, 1.165) is 5.56 Å². The summed E-state index contributed by atoms with van der Waals surface area (Å²) in [7, 11) is -6.03. The van der Waals surface area contributed by atoms with E-state index in [0.29, 0.717) is 6.04 Å². The molecular weight excluding hydrogens is 288 g/mol. The van der Waals surface area contributed by atoms with Crippen molar-refractivity contribution < 1.29 is 12.3 Å². The number of hydrogen-bond acceptors (Lipinski definition) is 3. The van der Waals surface area contributed by atoms with Gasteiger partial charge in [0.05, 0.1) is 4.90 Å². The summed E-state index contributed by atoms with van der Waals surface area (Å²) in [6, 6.07) is 18.8. The summed E-state index contributed by atoms with van der Waals surface area (Å²) < 4.78 is 30.0. The summed E-state index contributed by atoms with van der Waals surface area (Å²) in [6.45, 7) is 3.83. The van der Waals surface area contributed by atoms with Gasteiger partial charge < -0.3 is 3.87 Å². The molecular formula is C15H18O3SSi. The van der Waals surface area contributed by atoms with Crippen molar-refractivity contribution in [2.75, 3.05) is 0 Å². The van der Waals surface area contributed by atoms with Crippen LogP contribution in [0, 0.1) is 0 Å². The van der Waals surface area contributed by atoms with Crippen LogP contribution in [0.4, 0.5) is 0 Å². The minimum absolute atomic E-state index is 0.216. The van der Waals surface area contributed by atoms with Gasteiger partial charge in [0.1, 0.15) is 0 Å². The van der Waals surface area contributed by atoms with E-state index in [4.69, 9.17) is 3.87 Å². The lowest BCUT2D eigenvalue weighted by molar-refractivity contribution is 0.481. The normalized spacial score (nSPS) is 12.3. The van der Waals surface area contributed by atoms with Gasteiger partial charge in [-0.15, -0.1) is 0 Å². The van der Waals surface area contributed by atoms with Gasteiger partial charge in [-0.05, 0) is 36.8 Å². The summed E-state index contributed by atoms with van der Waals surface area (Å²) in [4.78, 5) is 0.216. The molecule has 0 aliphatic rings. The lowest BCUT2D eigenvalue weighted by Gasteiger charge is -2.22. The maximum Gasteiger partial charge on any atom is 0.287 e. The van der Waals surface area contributed by atoms with Gasteiger partial charge in [-0.25, -0.2) is 0 Å². The van der Waals surface area contributed by atoms with Gasteiger partial charge in [-0.2, -0.15) is 8.42 Å². The van der Waals surface area contributed by atoms with E-state index in [-0.39, 0.29) is 4.90 Å². The molecule has 0 aliphatic heterocycles. The van der Waals surface area contributed by atoms with Gasteiger partial charge in [0.15, 0.2) is 0 Å². The molecule has 0 spiro atoms. The van der Waals surface area contributed by atoms with Crippen LogP contribution in [0.5, 0.6) is 0 Å². The molecule has 3 nitrogen and oxygen atoms in total. The Labute approximate surface area is 121 Å². The summed E-state index contributed by atoms with van der Waals surface area (Å²) in [5.74, 6) is 0.